The van der Waals surface area contributed by atoms with Crippen molar-refractivity contribution in [2.24, 2.45) is 0 Å². The van der Waals surface area contributed by atoms with Gasteiger partial charge in [0.05, 0.1) is 6.61 Å². The van der Waals surface area contributed by atoms with Crippen molar-refractivity contribution >= 4 is 11.8 Å². The highest BCUT2D eigenvalue weighted by atomic mass is 16.5. The molecular formula is C27H30N2O4. The minimum absolute atomic E-state index is 0.202. The van der Waals surface area contributed by atoms with Gasteiger partial charge in [-0.05, 0) is 53.8 Å². The number of rotatable bonds is 9. The molecule has 0 aliphatic rings. The van der Waals surface area contributed by atoms with Gasteiger partial charge in [0, 0.05) is 12.0 Å². The van der Waals surface area contributed by atoms with Crippen molar-refractivity contribution in [1.29, 1.82) is 0 Å². The average molecular weight is 447 g/mol. The molecule has 0 saturated carbocycles. The fourth-order valence-corrected chi connectivity index (χ4v) is 3.28. The van der Waals surface area contributed by atoms with Crippen molar-refractivity contribution in [2.45, 2.75) is 33.1 Å². The number of ether oxygens (including phenoxy) is 2. The Morgan fingerprint density at radius 2 is 1.67 bits per heavy atom. The van der Waals surface area contributed by atoms with E-state index in [-0.39, 0.29) is 12.5 Å². The molecule has 0 aliphatic heterocycles. The number of hydrogen-bond donors (Lipinski definition) is 2. The Morgan fingerprint density at radius 3 is 2.42 bits per heavy atom. The van der Waals surface area contributed by atoms with Gasteiger partial charge in [0.1, 0.15) is 11.5 Å². The second-order valence-corrected chi connectivity index (χ2v) is 8.10. The number of carbonyl (C=O) groups is 2. The van der Waals surface area contributed by atoms with E-state index in [1.54, 1.807) is 24.3 Å². The Kier molecular flexibility index (Phi) is 8.47. The van der Waals surface area contributed by atoms with Crippen LogP contribution in [0.2, 0.25) is 0 Å². The lowest BCUT2D eigenvalue weighted by Gasteiger charge is -2.15. The van der Waals surface area contributed by atoms with Crippen LogP contribution in [0.25, 0.3) is 0 Å². The van der Waals surface area contributed by atoms with E-state index in [0.717, 1.165) is 17.5 Å². The quantitative estimate of drug-likeness (QED) is 0.472. The van der Waals surface area contributed by atoms with E-state index < -0.39 is 11.8 Å². The molecule has 0 unspecified atom stereocenters. The van der Waals surface area contributed by atoms with Gasteiger partial charge >= 0.3 is 0 Å². The third-order valence-corrected chi connectivity index (χ3v) is 5.06. The summed E-state index contributed by atoms with van der Waals surface area (Å²) in [5.74, 6) is 0.649. The van der Waals surface area contributed by atoms with Crippen molar-refractivity contribution in [3.05, 3.63) is 95.1 Å². The molecule has 33 heavy (non-hydrogen) atoms. The Bertz CT molecular complexity index is 1080. The molecule has 0 radical (unpaired) electrons. The summed E-state index contributed by atoms with van der Waals surface area (Å²) in [6, 6.07) is 22.8. The number of benzene rings is 3. The maximum absolute atomic E-state index is 12.4. The smallest absolute Gasteiger partial charge is 0.276 e. The third-order valence-electron chi connectivity index (χ3n) is 5.06. The van der Waals surface area contributed by atoms with Gasteiger partial charge in [0.25, 0.3) is 11.8 Å². The van der Waals surface area contributed by atoms with Crippen molar-refractivity contribution in [2.75, 3.05) is 13.2 Å². The Balaban J connectivity index is 1.47. The van der Waals surface area contributed by atoms with E-state index in [4.69, 9.17) is 9.47 Å². The fourth-order valence-electron chi connectivity index (χ4n) is 3.28. The second kappa shape index (κ2) is 11.7. The van der Waals surface area contributed by atoms with Crippen LogP contribution in [0.1, 0.15) is 46.8 Å². The zero-order chi connectivity index (χ0) is 23.6. The number of aryl methyl sites for hydroxylation is 1. The maximum atomic E-state index is 12.4. The van der Waals surface area contributed by atoms with Gasteiger partial charge in [-0.3, -0.25) is 20.4 Å². The highest BCUT2D eigenvalue weighted by Crippen LogP contribution is 2.27. The van der Waals surface area contributed by atoms with Crippen molar-refractivity contribution in [1.82, 2.24) is 10.9 Å². The summed E-state index contributed by atoms with van der Waals surface area (Å²) in [6.45, 7) is 6.40. The second-order valence-electron chi connectivity index (χ2n) is 8.10. The lowest BCUT2D eigenvalue weighted by Crippen LogP contribution is -2.43. The molecule has 3 aromatic carbocycles. The summed E-state index contributed by atoms with van der Waals surface area (Å²) in [7, 11) is 0. The van der Waals surface area contributed by atoms with E-state index in [2.05, 4.69) is 24.7 Å². The minimum atomic E-state index is -0.449. The largest absolute Gasteiger partial charge is 0.493 e. The Morgan fingerprint density at radius 1 is 0.879 bits per heavy atom. The molecule has 0 atom stereocenters. The summed E-state index contributed by atoms with van der Waals surface area (Å²) in [4.78, 5) is 24.6. The van der Waals surface area contributed by atoms with E-state index in [9.17, 15) is 9.59 Å². The number of nitrogens with one attached hydrogen (secondary N) is 2. The van der Waals surface area contributed by atoms with E-state index >= 15 is 0 Å². The lowest BCUT2D eigenvalue weighted by molar-refractivity contribution is -0.123. The zero-order valence-corrected chi connectivity index (χ0v) is 19.3. The standard InChI is InChI=1S/C27H30N2O4/c1-19(2)24-13-12-20(3)16-25(24)33-18-26(30)28-29-27(31)22-10-7-11-23(17-22)32-15-14-21-8-5-4-6-9-21/h4-13,16-17,19H,14-15,18H2,1-3H3,(H,28,30)(H,29,31). The first-order valence-electron chi connectivity index (χ1n) is 11.0. The predicted molar refractivity (Wildman–Crippen MR) is 128 cm³/mol. The molecular weight excluding hydrogens is 416 g/mol. The topological polar surface area (TPSA) is 76.7 Å². The van der Waals surface area contributed by atoms with Gasteiger partial charge in [0.15, 0.2) is 6.61 Å². The summed E-state index contributed by atoms with van der Waals surface area (Å²) in [6.07, 6.45) is 0.771. The SMILES string of the molecule is Cc1ccc(C(C)C)c(OCC(=O)NNC(=O)c2cccc(OCCc3ccccc3)c2)c1. The molecule has 0 fully saturated rings. The minimum Gasteiger partial charge on any atom is -0.493 e. The normalized spacial score (nSPS) is 10.5. The Hall–Kier alpha value is -3.80. The van der Waals surface area contributed by atoms with Gasteiger partial charge < -0.3 is 9.47 Å². The molecule has 6 nitrogen and oxygen atoms in total. The number of hydrogen-bond acceptors (Lipinski definition) is 4. The lowest BCUT2D eigenvalue weighted by atomic mass is 10.0. The molecule has 0 aliphatic carbocycles. The first-order valence-corrected chi connectivity index (χ1v) is 11.0. The summed E-state index contributed by atoms with van der Waals surface area (Å²) >= 11 is 0. The molecule has 0 spiro atoms. The number of hydrazine groups is 1. The fraction of sp³-hybridized carbons (Fsp3) is 0.259. The molecule has 172 valence electrons. The van der Waals surface area contributed by atoms with Crippen LogP contribution in [0.5, 0.6) is 11.5 Å². The number of amides is 2. The van der Waals surface area contributed by atoms with Crippen LogP contribution in [-0.4, -0.2) is 25.0 Å². The molecule has 0 saturated heterocycles. The molecule has 0 bridgehead atoms. The molecule has 3 aromatic rings. The van der Waals surface area contributed by atoms with Crippen LogP contribution >= 0.6 is 0 Å². The van der Waals surface area contributed by atoms with Gasteiger partial charge in [-0.1, -0.05) is 62.4 Å². The molecule has 0 aromatic heterocycles. The molecule has 3 rings (SSSR count). The molecule has 6 heteroatoms. The van der Waals surface area contributed by atoms with Gasteiger partial charge in [0.2, 0.25) is 0 Å². The van der Waals surface area contributed by atoms with E-state index in [1.165, 1.54) is 5.56 Å². The van der Waals surface area contributed by atoms with Gasteiger partial charge in [-0.25, -0.2) is 0 Å². The van der Waals surface area contributed by atoms with Crippen molar-refractivity contribution in [3.63, 3.8) is 0 Å². The summed E-state index contributed by atoms with van der Waals surface area (Å²) < 4.78 is 11.5. The van der Waals surface area contributed by atoms with Gasteiger partial charge in [-0.15, -0.1) is 0 Å². The first-order chi connectivity index (χ1) is 15.9. The maximum Gasteiger partial charge on any atom is 0.276 e. The van der Waals surface area contributed by atoms with Crippen molar-refractivity contribution < 1.29 is 19.1 Å². The van der Waals surface area contributed by atoms with Crippen molar-refractivity contribution in [3.8, 4) is 11.5 Å². The zero-order valence-electron chi connectivity index (χ0n) is 19.3. The molecule has 2 N–H and O–H groups in total. The first kappa shape index (κ1) is 23.9. The van der Waals surface area contributed by atoms with Crippen LogP contribution < -0.4 is 20.3 Å². The summed E-state index contributed by atoms with van der Waals surface area (Å²) in [5, 5.41) is 0. The Labute approximate surface area is 194 Å². The van der Waals surface area contributed by atoms with Crippen LogP contribution in [0.4, 0.5) is 0 Å². The number of carbonyl (C=O) groups excluding carboxylic acids is 2. The van der Waals surface area contributed by atoms with Crippen LogP contribution in [0.3, 0.4) is 0 Å². The molecule has 0 heterocycles. The predicted octanol–water partition coefficient (Wildman–Crippen LogP) is 4.58. The van der Waals surface area contributed by atoms with E-state index in [1.807, 2.05) is 55.5 Å². The third kappa shape index (κ3) is 7.38. The average Bonchev–Trinajstić information content (AvgIpc) is 2.82. The summed E-state index contributed by atoms with van der Waals surface area (Å²) in [5.41, 5.74) is 8.46. The van der Waals surface area contributed by atoms with Crippen LogP contribution in [0, 0.1) is 6.92 Å². The highest BCUT2D eigenvalue weighted by molar-refractivity contribution is 5.95. The van der Waals surface area contributed by atoms with Crippen LogP contribution in [0.15, 0.2) is 72.8 Å². The highest BCUT2D eigenvalue weighted by Gasteiger charge is 2.12. The van der Waals surface area contributed by atoms with E-state index in [0.29, 0.717) is 23.7 Å². The van der Waals surface area contributed by atoms with Crippen LogP contribution in [-0.2, 0) is 11.2 Å². The van der Waals surface area contributed by atoms with Gasteiger partial charge in [-0.2, -0.15) is 0 Å². The molecule has 2 amide bonds. The monoisotopic (exact) mass is 446 g/mol.